The first-order chi connectivity index (χ1) is 9.33. The minimum Gasteiger partial charge on any atom is -0.378 e. The smallest absolute Gasteiger partial charge is 0.138 e. The van der Waals surface area contributed by atoms with Crippen LogP contribution in [-0.4, -0.2) is 14.8 Å². The molecule has 3 rings (SSSR count). The third-order valence-corrected chi connectivity index (χ3v) is 3.68. The van der Waals surface area contributed by atoms with Gasteiger partial charge in [0.25, 0.3) is 0 Å². The van der Waals surface area contributed by atoms with E-state index in [9.17, 15) is 0 Å². The molecule has 0 aliphatic carbocycles. The van der Waals surface area contributed by atoms with Crippen molar-refractivity contribution in [3.63, 3.8) is 0 Å². The van der Waals surface area contributed by atoms with Gasteiger partial charge in [-0.15, -0.1) is 0 Å². The zero-order valence-electron chi connectivity index (χ0n) is 10.5. The molecular weight excluding hydrogens is 256 g/mol. The molecule has 0 saturated carbocycles. The minimum absolute atomic E-state index is 0.309. The van der Waals surface area contributed by atoms with Gasteiger partial charge in [0, 0.05) is 11.7 Å². The van der Waals surface area contributed by atoms with Crippen LogP contribution in [0.15, 0.2) is 53.7 Å². The summed E-state index contributed by atoms with van der Waals surface area (Å²) in [7, 11) is 0. The molecule has 2 aromatic heterocycles. The van der Waals surface area contributed by atoms with E-state index in [2.05, 4.69) is 51.3 Å². The van der Waals surface area contributed by atoms with Crippen molar-refractivity contribution in [3.05, 3.63) is 59.3 Å². The molecule has 2 heterocycles. The third-order valence-electron chi connectivity index (χ3n) is 2.98. The van der Waals surface area contributed by atoms with Crippen molar-refractivity contribution < 1.29 is 0 Å². The van der Waals surface area contributed by atoms with Gasteiger partial charge in [-0.1, -0.05) is 0 Å². The van der Waals surface area contributed by atoms with Crippen molar-refractivity contribution in [1.82, 2.24) is 14.8 Å². The van der Waals surface area contributed by atoms with Gasteiger partial charge in [-0.3, -0.25) is 0 Å². The van der Waals surface area contributed by atoms with Crippen LogP contribution in [0.4, 0.5) is 5.69 Å². The van der Waals surface area contributed by atoms with Crippen LogP contribution in [0.5, 0.6) is 0 Å². The van der Waals surface area contributed by atoms with Crippen molar-refractivity contribution >= 4 is 17.0 Å². The van der Waals surface area contributed by atoms with Crippen LogP contribution in [-0.2, 0) is 0 Å². The Morgan fingerprint density at radius 1 is 1.21 bits per heavy atom. The van der Waals surface area contributed by atoms with E-state index in [1.54, 1.807) is 22.3 Å². The molecule has 19 heavy (non-hydrogen) atoms. The summed E-state index contributed by atoms with van der Waals surface area (Å²) in [6, 6.07) is 10.6. The standard InChI is InChI=1S/C14H14N4S/c1-11(12-6-7-19-8-12)17-13-2-4-14(5-3-13)18-10-15-9-16-18/h2-11,17H,1H3. The second-order valence-electron chi connectivity index (χ2n) is 4.31. The van der Waals surface area contributed by atoms with Crippen molar-refractivity contribution in [2.45, 2.75) is 13.0 Å². The molecule has 0 aliphatic heterocycles. The van der Waals surface area contributed by atoms with Gasteiger partial charge in [-0.2, -0.15) is 16.4 Å². The van der Waals surface area contributed by atoms with E-state index in [1.165, 1.54) is 11.9 Å². The Balaban J connectivity index is 1.73. The van der Waals surface area contributed by atoms with Crippen molar-refractivity contribution in [2.24, 2.45) is 0 Å². The number of thiophene rings is 1. The highest BCUT2D eigenvalue weighted by atomic mass is 32.1. The molecule has 0 radical (unpaired) electrons. The van der Waals surface area contributed by atoms with E-state index in [-0.39, 0.29) is 0 Å². The Bertz CT molecular complexity index is 614. The molecule has 4 nitrogen and oxygen atoms in total. The molecule has 1 N–H and O–H groups in total. The van der Waals surface area contributed by atoms with Crippen LogP contribution in [0.2, 0.25) is 0 Å². The van der Waals surface area contributed by atoms with Gasteiger partial charge < -0.3 is 5.32 Å². The zero-order valence-corrected chi connectivity index (χ0v) is 11.3. The maximum Gasteiger partial charge on any atom is 0.138 e. The van der Waals surface area contributed by atoms with Crippen molar-refractivity contribution in [1.29, 1.82) is 0 Å². The lowest BCUT2D eigenvalue weighted by atomic mass is 10.1. The van der Waals surface area contributed by atoms with E-state index >= 15 is 0 Å². The number of benzene rings is 1. The number of rotatable bonds is 4. The second-order valence-corrected chi connectivity index (χ2v) is 5.09. The molecule has 0 bridgehead atoms. The fourth-order valence-electron chi connectivity index (χ4n) is 1.91. The Hall–Kier alpha value is -2.14. The van der Waals surface area contributed by atoms with Gasteiger partial charge in [-0.05, 0) is 53.6 Å². The lowest BCUT2D eigenvalue weighted by molar-refractivity contribution is 0.874. The lowest BCUT2D eigenvalue weighted by Gasteiger charge is -2.14. The number of anilines is 1. The van der Waals surface area contributed by atoms with Crippen LogP contribution in [0.1, 0.15) is 18.5 Å². The Morgan fingerprint density at radius 3 is 2.68 bits per heavy atom. The molecule has 1 aromatic carbocycles. The van der Waals surface area contributed by atoms with Crippen LogP contribution < -0.4 is 5.32 Å². The van der Waals surface area contributed by atoms with E-state index < -0.39 is 0 Å². The highest BCUT2D eigenvalue weighted by Crippen LogP contribution is 2.21. The first-order valence-corrected chi connectivity index (χ1v) is 7.01. The largest absolute Gasteiger partial charge is 0.378 e. The molecule has 0 saturated heterocycles. The average Bonchev–Trinajstić information content (AvgIpc) is 3.13. The highest BCUT2D eigenvalue weighted by molar-refractivity contribution is 7.07. The monoisotopic (exact) mass is 270 g/mol. The third kappa shape index (κ3) is 2.66. The predicted molar refractivity (Wildman–Crippen MR) is 77.7 cm³/mol. The Morgan fingerprint density at radius 2 is 2.05 bits per heavy atom. The predicted octanol–water partition coefficient (Wildman–Crippen LogP) is 3.50. The Kier molecular flexibility index (Phi) is 3.29. The summed E-state index contributed by atoms with van der Waals surface area (Å²) >= 11 is 1.72. The first-order valence-electron chi connectivity index (χ1n) is 6.06. The minimum atomic E-state index is 0.309. The Labute approximate surface area is 115 Å². The van der Waals surface area contributed by atoms with E-state index in [0.717, 1.165) is 11.4 Å². The number of aromatic nitrogens is 3. The van der Waals surface area contributed by atoms with E-state index in [4.69, 9.17) is 0 Å². The molecule has 0 aliphatic rings. The molecule has 1 atom stereocenters. The van der Waals surface area contributed by atoms with Crippen LogP contribution in [0, 0.1) is 0 Å². The number of nitrogens with zero attached hydrogens (tertiary/aromatic N) is 3. The number of hydrogen-bond donors (Lipinski definition) is 1. The van der Waals surface area contributed by atoms with Crippen molar-refractivity contribution in [2.75, 3.05) is 5.32 Å². The van der Waals surface area contributed by atoms with E-state index in [0.29, 0.717) is 6.04 Å². The van der Waals surface area contributed by atoms with Crippen LogP contribution in [0.25, 0.3) is 5.69 Å². The van der Waals surface area contributed by atoms with Gasteiger partial charge in [0.05, 0.1) is 5.69 Å². The summed E-state index contributed by atoms with van der Waals surface area (Å²) in [6.07, 6.45) is 3.22. The van der Waals surface area contributed by atoms with Gasteiger partial charge >= 0.3 is 0 Å². The summed E-state index contributed by atoms with van der Waals surface area (Å²) < 4.78 is 1.74. The summed E-state index contributed by atoms with van der Waals surface area (Å²) in [5.74, 6) is 0. The molecule has 1 unspecified atom stereocenters. The molecular formula is C14H14N4S. The summed E-state index contributed by atoms with van der Waals surface area (Å²) in [5, 5.41) is 11.8. The van der Waals surface area contributed by atoms with Crippen LogP contribution in [0.3, 0.4) is 0 Å². The number of nitrogens with one attached hydrogen (secondary N) is 1. The SMILES string of the molecule is CC(Nc1ccc(-n2cncn2)cc1)c1ccsc1. The first kappa shape index (κ1) is 11.9. The second kappa shape index (κ2) is 5.24. The molecule has 0 spiro atoms. The maximum absolute atomic E-state index is 4.10. The normalized spacial score (nSPS) is 12.3. The topological polar surface area (TPSA) is 42.7 Å². The molecule has 0 fully saturated rings. The molecule has 96 valence electrons. The van der Waals surface area contributed by atoms with Gasteiger partial charge in [0.15, 0.2) is 0 Å². The highest BCUT2D eigenvalue weighted by Gasteiger charge is 2.05. The fraction of sp³-hybridized carbons (Fsp3) is 0.143. The maximum atomic E-state index is 4.10. The quantitative estimate of drug-likeness (QED) is 0.789. The molecule has 3 aromatic rings. The lowest BCUT2D eigenvalue weighted by Crippen LogP contribution is -2.05. The summed E-state index contributed by atoms with van der Waals surface area (Å²) in [6.45, 7) is 2.16. The van der Waals surface area contributed by atoms with Gasteiger partial charge in [0.2, 0.25) is 0 Å². The van der Waals surface area contributed by atoms with Crippen LogP contribution >= 0.6 is 11.3 Å². The van der Waals surface area contributed by atoms with Gasteiger partial charge in [0.1, 0.15) is 12.7 Å². The van der Waals surface area contributed by atoms with Crippen molar-refractivity contribution in [3.8, 4) is 5.69 Å². The molecule has 0 amide bonds. The summed E-state index contributed by atoms with van der Waals surface area (Å²) in [5.41, 5.74) is 3.42. The average molecular weight is 270 g/mol. The van der Waals surface area contributed by atoms with E-state index in [1.807, 2.05) is 12.1 Å². The summed E-state index contributed by atoms with van der Waals surface area (Å²) in [4.78, 5) is 3.94. The number of hydrogen-bond acceptors (Lipinski definition) is 4. The fourth-order valence-corrected chi connectivity index (χ4v) is 2.66. The van der Waals surface area contributed by atoms with Gasteiger partial charge in [-0.25, -0.2) is 9.67 Å². The molecule has 5 heteroatoms. The zero-order chi connectivity index (χ0) is 13.1.